The van der Waals surface area contributed by atoms with E-state index in [1.54, 1.807) is 12.3 Å². The number of ether oxygens (including phenoxy) is 1. The van der Waals surface area contributed by atoms with Crippen LogP contribution in [-0.4, -0.2) is 22.9 Å². The molecule has 18 heavy (non-hydrogen) atoms. The summed E-state index contributed by atoms with van der Waals surface area (Å²) in [4.78, 5) is 26.8. The molecule has 0 aromatic carbocycles. The fourth-order valence-electron chi connectivity index (χ4n) is 1.77. The summed E-state index contributed by atoms with van der Waals surface area (Å²) < 4.78 is 5.60. The minimum absolute atomic E-state index is 0.238. The van der Waals surface area contributed by atoms with E-state index in [1.807, 2.05) is 19.9 Å². The lowest BCUT2D eigenvalue weighted by atomic mass is 10.1. The molecule has 2 heterocycles. The monoisotopic (exact) mass is 248 g/mol. The van der Waals surface area contributed by atoms with Gasteiger partial charge < -0.3 is 4.74 Å². The second-order valence-electron chi connectivity index (χ2n) is 4.63. The average Bonchev–Trinajstić information content (AvgIpc) is 2.33. The Morgan fingerprint density at radius 3 is 2.89 bits per heavy atom. The van der Waals surface area contributed by atoms with Crippen molar-refractivity contribution in [1.29, 1.82) is 0 Å². The van der Waals surface area contributed by atoms with Crippen LogP contribution in [0, 0.1) is 0 Å². The van der Waals surface area contributed by atoms with Gasteiger partial charge in [-0.2, -0.15) is 0 Å². The summed E-state index contributed by atoms with van der Waals surface area (Å²) in [6.45, 7) is 4.08. The summed E-state index contributed by atoms with van der Waals surface area (Å²) in [5.74, 6) is 0.310. The van der Waals surface area contributed by atoms with Gasteiger partial charge >= 0.3 is 0 Å². The zero-order valence-electron chi connectivity index (χ0n) is 10.5. The van der Waals surface area contributed by atoms with Crippen LogP contribution in [0.5, 0.6) is 5.75 Å². The normalized spacial score (nSPS) is 19.8. The molecule has 1 aromatic heterocycles. The van der Waals surface area contributed by atoms with Gasteiger partial charge in [0, 0.05) is 30.8 Å². The molecule has 1 unspecified atom stereocenters. The van der Waals surface area contributed by atoms with Crippen molar-refractivity contribution >= 4 is 11.8 Å². The molecular formula is C13H16N2O3. The van der Waals surface area contributed by atoms with Crippen LogP contribution in [0.15, 0.2) is 18.3 Å². The highest BCUT2D eigenvalue weighted by molar-refractivity contribution is 5.99. The zero-order valence-corrected chi connectivity index (χ0v) is 10.5. The van der Waals surface area contributed by atoms with Gasteiger partial charge in [0.25, 0.3) is 5.91 Å². The quantitative estimate of drug-likeness (QED) is 0.821. The molecule has 1 aliphatic heterocycles. The standard InChI is InChI=1S/C13H16N2O3/c1-8(2)10-7-9(5-6-14-10)18-11-3-4-12(16)15-13(11)17/h5-8,11H,3-4H2,1-2H3,(H,15,16,17). The van der Waals surface area contributed by atoms with Crippen molar-refractivity contribution in [3.63, 3.8) is 0 Å². The van der Waals surface area contributed by atoms with Gasteiger partial charge in [-0.15, -0.1) is 0 Å². The third-order valence-corrected chi connectivity index (χ3v) is 2.81. The average molecular weight is 248 g/mol. The van der Waals surface area contributed by atoms with E-state index in [2.05, 4.69) is 10.3 Å². The van der Waals surface area contributed by atoms with E-state index in [9.17, 15) is 9.59 Å². The summed E-state index contributed by atoms with van der Waals surface area (Å²) in [5.41, 5.74) is 0.916. The summed E-state index contributed by atoms with van der Waals surface area (Å²) in [7, 11) is 0. The first kappa shape index (κ1) is 12.5. The number of nitrogens with zero attached hydrogens (tertiary/aromatic N) is 1. The van der Waals surface area contributed by atoms with Gasteiger partial charge in [0.2, 0.25) is 5.91 Å². The molecule has 1 N–H and O–H groups in total. The van der Waals surface area contributed by atoms with Crippen LogP contribution < -0.4 is 10.1 Å². The molecule has 0 bridgehead atoms. The maximum atomic E-state index is 11.6. The maximum absolute atomic E-state index is 11.6. The van der Waals surface area contributed by atoms with Crippen molar-refractivity contribution in [3.05, 3.63) is 24.0 Å². The van der Waals surface area contributed by atoms with Crippen LogP contribution >= 0.6 is 0 Å². The third-order valence-electron chi connectivity index (χ3n) is 2.81. The van der Waals surface area contributed by atoms with Crippen LogP contribution in [0.25, 0.3) is 0 Å². The van der Waals surface area contributed by atoms with Crippen LogP contribution in [0.1, 0.15) is 38.3 Å². The first-order chi connectivity index (χ1) is 8.56. The molecule has 0 radical (unpaired) electrons. The van der Waals surface area contributed by atoms with E-state index in [0.717, 1.165) is 5.69 Å². The molecule has 0 saturated carbocycles. The van der Waals surface area contributed by atoms with Gasteiger partial charge in [0.05, 0.1) is 0 Å². The number of nitrogens with one attached hydrogen (secondary N) is 1. The van der Waals surface area contributed by atoms with E-state index in [-0.39, 0.29) is 11.8 Å². The Kier molecular flexibility index (Phi) is 3.60. The number of aromatic nitrogens is 1. The number of rotatable bonds is 3. The Morgan fingerprint density at radius 2 is 2.22 bits per heavy atom. The number of hydrogen-bond donors (Lipinski definition) is 1. The summed E-state index contributed by atoms with van der Waals surface area (Å²) in [5, 5.41) is 2.27. The Labute approximate surface area is 106 Å². The van der Waals surface area contributed by atoms with Gasteiger partial charge in [-0.1, -0.05) is 13.8 Å². The summed E-state index contributed by atoms with van der Waals surface area (Å²) in [6.07, 6.45) is 1.81. The Morgan fingerprint density at radius 1 is 1.44 bits per heavy atom. The molecule has 5 nitrogen and oxygen atoms in total. The molecule has 1 atom stereocenters. The lowest BCUT2D eigenvalue weighted by Gasteiger charge is -2.22. The zero-order chi connectivity index (χ0) is 13.1. The molecule has 5 heteroatoms. The highest BCUT2D eigenvalue weighted by atomic mass is 16.5. The first-order valence-corrected chi connectivity index (χ1v) is 6.02. The molecule has 1 fully saturated rings. The second-order valence-corrected chi connectivity index (χ2v) is 4.63. The predicted molar refractivity (Wildman–Crippen MR) is 65.1 cm³/mol. The highest BCUT2D eigenvalue weighted by Gasteiger charge is 2.28. The predicted octanol–water partition coefficient (Wildman–Crippen LogP) is 1.39. The van der Waals surface area contributed by atoms with Crippen LogP contribution in [0.2, 0.25) is 0 Å². The Hall–Kier alpha value is -1.91. The molecule has 1 aromatic rings. The minimum atomic E-state index is -0.592. The molecule has 96 valence electrons. The maximum Gasteiger partial charge on any atom is 0.267 e. The summed E-state index contributed by atoms with van der Waals surface area (Å²) >= 11 is 0. The number of carbonyl (C=O) groups excluding carboxylic acids is 2. The number of hydrogen-bond acceptors (Lipinski definition) is 4. The largest absolute Gasteiger partial charge is 0.480 e. The fraction of sp³-hybridized carbons (Fsp3) is 0.462. The van der Waals surface area contributed by atoms with E-state index in [0.29, 0.717) is 24.5 Å². The number of pyridine rings is 1. The minimum Gasteiger partial charge on any atom is -0.480 e. The molecule has 1 saturated heterocycles. The van der Waals surface area contributed by atoms with E-state index in [4.69, 9.17) is 4.74 Å². The van der Waals surface area contributed by atoms with Gasteiger partial charge in [-0.05, 0) is 12.0 Å². The number of amides is 2. The number of carbonyl (C=O) groups is 2. The number of piperidine rings is 1. The lowest BCUT2D eigenvalue weighted by Crippen LogP contribution is -2.46. The molecule has 2 rings (SSSR count). The van der Waals surface area contributed by atoms with Crippen molar-refractivity contribution in [2.24, 2.45) is 0 Å². The van der Waals surface area contributed by atoms with Gasteiger partial charge in [0.1, 0.15) is 5.75 Å². The summed E-state index contributed by atoms with van der Waals surface area (Å²) in [6, 6.07) is 3.55. The van der Waals surface area contributed by atoms with Crippen molar-refractivity contribution in [1.82, 2.24) is 10.3 Å². The van der Waals surface area contributed by atoms with Crippen molar-refractivity contribution in [2.75, 3.05) is 0 Å². The Balaban J connectivity index is 2.07. The van der Waals surface area contributed by atoms with Gasteiger partial charge in [0.15, 0.2) is 6.10 Å². The molecule has 0 spiro atoms. The van der Waals surface area contributed by atoms with Crippen LogP contribution in [0.4, 0.5) is 0 Å². The number of imide groups is 1. The SMILES string of the molecule is CC(C)c1cc(OC2CCC(=O)NC2=O)ccn1. The van der Waals surface area contributed by atoms with Crippen molar-refractivity contribution < 1.29 is 14.3 Å². The molecule has 1 aliphatic rings. The fourth-order valence-corrected chi connectivity index (χ4v) is 1.77. The second kappa shape index (κ2) is 5.16. The molecule has 0 aliphatic carbocycles. The van der Waals surface area contributed by atoms with Crippen LogP contribution in [0.3, 0.4) is 0 Å². The molecule has 2 amide bonds. The van der Waals surface area contributed by atoms with Gasteiger partial charge in [-0.3, -0.25) is 19.9 Å². The van der Waals surface area contributed by atoms with Crippen LogP contribution in [-0.2, 0) is 9.59 Å². The van der Waals surface area contributed by atoms with Crippen molar-refractivity contribution in [2.45, 2.75) is 38.7 Å². The van der Waals surface area contributed by atoms with E-state index in [1.165, 1.54) is 0 Å². The van der Waals surface area contributed by atoms with Crippen molar-refractivity contribution in [3.8, 4) is 5.75 Å². The highest BCUT2D eigenvalue weighted by Crippen LogP contribution is 2.20. The smallest absolute Gasteiger partial charge is 0.267 e. The van der Waals surface area contributed by atoms with Gasteiger partial charge in [-0.25, -0.2) is 0 Å². The molecular weight excluding hydrogens is 232 g/mol. The van der Waals surface area contributed by atoms with E-state index < -0.39 is 6.10 Å². The third kappa shape index (κ3) is 2.85. The Bertz CT molecular complexity index is 471. The first-order valence-electron chi connectivity index (χ1n) is 6.02. The lowest BCUT2D eigenvalue weighted by molar-refractivity contribution is -0.138. The van der Waals surface area contributed by atoms with E-state index >= 15 is 0 Å². The topological polar surface area (TPSA) is 68.3 Å².